The normalized spacial score (nSPS) is 38.5. The third-order valence-electron chi connectivity index (χ3n) is 4.95. The van der Waals surface area contributed by atoms with Gasteiger partial charge in [-0.25, -0.2) is 0 Å². The molecule has 0 aromatic carbocycles. The maximum absolute atomic E-state index is 5.33. The van der Waals surface area contributed by atoms with E-state index in [-0.39, 0.29) is 0 Å². The zero-order valence-electron chi connectivity index (χ0n) is 11.3. The number of rotatable bonds is 4. The fourth-order valence-corrected chi connectivity index (χ4v) is 3.85. The van der Waals surface area contributed by atoms with Crippen LogP contribution in [0.4, 0.5) is 0 Å². The molecular formula is C14H25N3S. The van der Waals surface area contributed by atoms with Gasteiger partial charge in [-0.3, -0.25) is 4.90 Å². The minimum atomic E-state index is 0.664. The molecule has 3 heterocycles. The summed E-state index contributed by atoms with van der Waals surface area (Å²) < 4.78 is 0. The van der Waals surface area contributed by atoms with Crippen molar-refractivity contribution in [2.45, 2.75) is 51.1 Å². The van der Waals surface area contributed by atoms with Gasteiger partial charge in [0, 0.05) is 25.2 Å². The predicted molar refractivity (Wildman–Crippen MR) is 78.6 cm³/mol. The molecule has 4 heteroatoms. The van der Waals surface area contributed by atoms with Gasteiger partial charge in [0.2, 0.25) is 0 Å². The molecule has 0 spiro atoms. The molecule has 1 unspecified atom stereocenters. The van der Waals surface area contributed by atoms with Crippen molar-refractivity contribution in [3.63, 3.8) is 0 Å². The van der Waals surface area contributed by atoms with E-state index in [0.717, 1.165) is 23.5 Å². The Bertz CT molecular complexity index is 316. The van der Waals surface area contributed by atoms with Gasteiger partial charge in [-0.1, -0.05) is 13.3 Å². The van der Waals surface area contributed by atoms with Crippen LogP contribution in [0.15, 0.2) is 0 Å². The number of thiocarbonyl (C=S) groups is 1. The predicted octanol–water partition coefficient (Wildman–Crippen LogP) is 1.73. The summed E-state index contributed by atoms with van der Waals surface area (Å²) in [6.07, 6.45) is 6.72. The van der Waals surface area contributed by atoms with Gasteiger partial charge in [-0.2, -0.15) is 0 Å². The summed E-state index contributed by atoms with van der Waals surface area (Å²) in [6, 6.07) is 1.38. The Morgan fingerprint density at radius 3 is 2.78 bits per heavy atom. The summed E-state index contributed by atoms with van der Waals surface area (Å²) in [5.41, 5.74) is 0. The van der Waals surface area contributed by atoms with E-state index < -0.39 is 0 Å². The first kappa shape index (κ1) is 12.7. The number of fused-ring (bicyclic) bond motifs is 3. The van der Waals surface area contributed by atoms with Crippen LogP contribution in [0.1, 0.15) is 39.0 Å². The molecule has 2 N–H and O–H groups in total. The van der Waals surface area contributed by atoms with Gasteiger partial charge in [-0.05, 0) is 56.3 Å². The fraction of sp³-hybridized carbons (Fsp3) is 0.929. The molecule has 102 valence electrons. The van der Waals surface area contributed by atoms with Gasteiger partial charge in [0.15, 0.2) is 5.11 Å². The molecule has 4 aliphatic rings. The van der Waals surface area contributed by atoms with Crippen LogP contribution in [0.25, 0.3) is 0 Å². The molecule has 1 saturated carbocycles. The van der Waals surface area contributed by atoms with Crippen molar-refractivity contribution in [3.8, 4) is 0 Å². The van der Waals surface area contributed by atoms with Crippen molar-refractivity contribution in [3.05, 3.63) is 0 Å². The summed E-state index contributed by atoms with van der Waals surface area (Å²) in [6.45, 7) is 5.99. The molecule has 4 rings (SSSR count). The van der Waals surface area contributed by atoms with Crippen molar-refractivity contribution >= 4 is 17.3 Å². The molecule has 2 bridgehead atoms. The van der Waals surface area contributed by atoms with E-state index in [9.17, 15) is 0 Å². The number of nitrogens with zero attached hydrogens (tertiary/aromatic N) is 1. The molecule has 0 aromatic heterocycles. The average molecular weight is 267 g/mol. The topological polar surface area (TPSA) is 27.3 Å². The molecule has 4 atom stereocenters. The zero-order valence-corrected chi connectivity index (χ0v) is 12.1. The highest BCUT2D eigenvalue weighted by Crippen LogP contribution is 2.37. The second-order valence-electron chi connectivity index (χ2n) is 6.23. The summed E-state index contributed by atoms with van der Waals surface area (Å²) in [5, 5.41) is 7.65. The molecule has 3 saturated heterocycles. The molecule has 0 aromatic rings. The van der Waals surface area contributed by atoms with Crippen LogP contribution in [0.2, 0.25) is 0 Å². The lowest BCUT2D eigenvalue weighted by Crippen LogP contribution is -2.57. The molecule has 4 fully saturated rings. The second kappa shape index (κ2) is 5.33. The molecule has 18 heavy (non-hydrogen) atoms. The Hall–Kier alpha value is -0.350. The minimum Gasteiger partial charge on any atom is -0.361 e. The highest BCUT2D eigenvalue weighted by atomic mass is 32.1. The average Bonchev–Trinajstić information content (AvgIpc) is 3.21. The maximum Gasteiger partial charge on any atom is 0.166 e. The van der Waals surface area contributed by atoms with E-state index in [2.05, 4.69) is 22.5 Å². The van der Waals surface area contributed by atoms with Crippen LogP contribution in [0, 0.1) is 11.8 Å². The highest BCUT2D eigenvalue weighted by molar-refractivity contribution is 7.80. The van der Waals surface area contributed by atoms with Crippen LogP contribution in [0.5, 0.6) is 0 Å². The molecule has 3 nitrogen and oxygen atoms in total. The SMILES string of the molecule is CC[C@H]1CN2CC[C@@H]1C[C@@H]2CNC(=S)NC1CC1. The van der Waals surface area contributed by atoms with Crippen LogP contribution in [0.3, 0.4) is 0 Å². The molecule has 0 radical (unpaired) electrons. The molecule has 3 aliphatic heterocycles. The van der Waals surface area contributed by atoms with Gasteiger partial charge in [-0.15, -0.1) is 0 Å². The first-order chi connectivity index (χ1) is 8.76. The van der Waals surface area contributed by atoms with Gasteiger partial charge in [0.05, 0.1) is 0 Å². The zero-order chi connectivity index (χ0) is 12.5. The first-order valence-corrected chi connectivity index (χ1v) is 7.95. The number of hydrogen-bond donors (Lipinski definition) is 2. The Labute approximate surface area is 116 Å². The van der Waals surface area contributed by atoms with Crippen LogP contribution in [-0.2, 0) is 0 Å². The summed E-state index contributed by atoms with van der Waals surface area (Å²) in [5.74, 6) is 1.92. The largest absolute Gasteiger partial charge is 0.361 e. The van der Waals surface area contributed by atoms with Crippen molar-refractivity contribution in [1.82, 2.24) is 15.5 Å². The van der Waals surface area contributed by atoms with Gasteiger partial charge in [0.1, 0.15) is 0 Å². The maximum atomic E-state index is 5.33. The molecule has 0 amide bonds. The first-order valence-electron chi connectivity index (χ1n) is 7.54. The molecule has 1 aliphatic carbocycles. The number of nitrogens with one attached hydrogen (secondary N) is 2. The van der Waals surface area contributed by atoms with Crippen LogP contribution >= 0.6 is 12.2 Å². The van der Waals surface area contributed by atoms with E-state index >= 15 is 0 Å². The quantitative estimate of drug-likeness (QED) is 0.759. The van der Waals surface area contributed by atoms with E-state index in [4.69, 9.17) is 12.2 Å². The van der Waals surface area contributed by atoms with E-state index in [1.807, 2.05) is 0 Å². The van der Waals surface area contributed by atoms with E-state index in [0.29, 0.717) is 12.1 Å². The third kappa shape index (κ3) is 2.80. The van der Waals surface area contributed by atoms with Crippen molar-refractivity contribution in [2.24, 2.45) is 11.8 Å². The minimum absolute atomic E-state index is 0.664. The Morgan fingerprint density at radius 1 is 1.33 bits per heavy atom. The lowest BCUT2D eigenvalue weighted by atomic mass is 9.74. The van der Waals surface area contributed by atoms with Gasteiger partial charge in [0.25, 0.3) is 0 Å². The second-order valence-corrected chi connectivity index (χ2v) is 6.64. The number of hydrogen-bond acceptors (Lipinski definition) is 2. The van der Waals surface area contributed by atoms with Crippen molar-refractivity contribution in [2.75, 3.05) is 19.6 Å². The van der Waals surface area contributed by atoms with Crippen molar-refractivity contribution in [1.29, 1.82) is 0 Å². The standard InChI is InChI=1S/C14H25N3S/c1-2-10-9-17-6-5-11(10)7-13(17)8-15-14(18)16-12-3-4-12/h10-13H,2-9H2,1H3,(H2,15,16,18)/t10-,11+,13+/m0/s1. The lowest BCUT2D eigenvalue weighted by molar-refractivity contribution is 0.00205. The van der Waals surface area contributed by atoms with Crippen LogP contribution < -0.4 is 10.6 Å². The van der Waals surface area contributed by atoms with Gasteiger partial charge < -0.3 is 10.6 Å². The third-order valence-corrected chi connectivity index (χ3v) is 5.21. The van der Waals surface area contributed by atoms with E-state index in [1.165, 1.54) is 45.2 Å². The number of piperidine rings is 3. The molecular weight excluding hydrogens is 242 g/mol. The highest BCUT2D eigenvalue weighted by Gasteiger charge is 2.38. The summed E-state index contributed by atoms with van der Waals surface area (Å²) in [4.78, 5) is 2.68. The monoisotopic (exact) mass is 267 g/mol. The summed E-state index contributed by atoms with van der Waals surface area (Å²) in [7, 11) is 0. The Kier molecular flexibility index (Phi) is 3.76. The van der Waals surface area contributed by atoms with Gasteiger partial charge >= 0.3 is 0 Å². The smallest absolute Gasteiger partial charge is 0.166 e. The Morgan fingerprint density at radius 2 is 2.17 bits per heavy atom. The lowest BCUT2D eigenvalue weighted by Gasteiger charge is -2.50. The Balaban J connectivity index is 1.44. The van der Waals surface area contributed by atoms with Crippen LogP contribution in [-0.4, -0.2) is 41.7 Å². The summed E-state index contributed by atoms with van der Waals surface area (Å²) >= 11 is 5.33. The fourth-order valence-electron chi connectivity index (χ4n) is 3.60. The van der Waals surface area contributed by atoms with E-state index in [1.54, 1.807) is 0 Å². The van der Waals surface area contributed by atoms with Crippen molar-refractivity contribution < 1.29 is 0 Å².